The number of halogens is 1. The number of fused-ring (bicyclic) bond motifs is 2. The maximum Gasteiger partial charge on any atom is 0.287 e. The summed E-state index contributed by atoms with van der Waals surface area (Å²) in [6.45, 7) is 0. The van der Waals surface area contributed by atoms with Crippen LogP contribution in [0.4, 0.5) is 5.69 Å². The number of nitrogens with zero attached hydrogens (tertiary/aromatic N) is 2. The number of hydrogen-bond donors (Lipinski definition) is 1. The molecule has 2 unspecified atom stereocenters. The van der Waals surface area contributed by atoms with E-state index in [2.05, 4.69) is 0 Å². The molecule has 112 valence electrons. The van der Waals surface area contributed by atoms with E-state index < -0.39 is 4.92 Å². The Hall–Kier alpha value is -1.66. The fraction of sp³-hybridized carbons (Fsp3) is 0.500. The molecule has 1 N–H and O–H groups in total. The number of benzene rings is 1. The maximum atomic E-state index is 12.6. The number of aliphatic hydroxyl groups is 1. The molecule has 2 atom stereocenters. The topological polar surface area (TPSA) is 83.7 Å². The van der Waals surface area contributed by atoms with Crippen LogP contribution in [0.5, 0.6) is 0 Å². The number of carbonyl (C=O) groups excluding carboxylic acids is 1. The third-order valence-corrected chi connectivity index (χ3v) is 4.64. The van der Waals surface area contributed by atoms with Crippen molar-refractivity contribution >= 4 is 23.2 Å². The Bertz CT molecular complexity index is 593. The van der Waals surface area contributed by atoms with Crippen LogP contribution < -0.4 is 0 Å². The van der Waals surface area contributed by atoms with Crippen LogP contribution in [-0.4, -0.2) is 39.0 Å². The van der Waals surface area contributed by atoms with E-state index in [1.54, 1.807) is 0 Å². The molecule has 2 aliphatic heterocycles. The van der Waals surface area contributed by atoms with Crippen LogP contribution in [0, 0.1) is 10.1 Å². The Labute approximate surface area is 126 Å². The van der Waals surface area contributed by atoms with Gasteiger partial charge in [-0.15, -0.1) is 0 Å². The summed E-state index contributed by atoms with van der Waals surface area (Å²) in [6, 6.07) is 4.17. The Morgan fingerprint density at radius 2 is 1.95 bits per heavy atom. The molecule has 2 saturated heterocycles. The normalized spacial score (nSPS) is 27.7. The summed E-state index contributed by atoms with van der Waals surface area (Å²) in [4.78, 5) is 24.6. The van der Waals surface area contributed by atoms with Gasteiger partial charge in [-0.1, -0.05) is 11.6 Å². The van der Waals surface area contributed by atoms with Crippen molar-refractivity contribution in [2.75, 3.05) is 0 Å². The van der Waals surface area contributed by atoms with Gasteiger partial charge in [-0.25, -0.2) is 0 Å². The van der Waals surface area contributed by atoms with E-state index in [1.165, 1.54) is 18.2 Å². The third kappa shape index (κ3) is 2.49. The molecule has 1 amide bonds. The van der Waals surface area contributed by atoms with Crippen molar-refractivity contribution in [3.05, 3.63) is 38.9 Å². The SMILES string of the molecule is O=C(c1ccc([N+](=O)[O-])c(Cl)c1)N1C2CCC1CC(O)C2. The molecule has 1 aromatic carbocycles. The second-order valence-corrected chi connectivity index (χ2v) is 6.05. The van der Waals surface area contributed by atoms with Gasteiger partial charge < -0.3 is 10.0 Å². The van der Waals surface area contributed by atoms with Crippen molar-refractivity contribution in [2.45, 2.75) is 43.9 Å². The first-order valence-corrected chi connectivity index (χ1v) is 7.30. The smallest absolute Gasteiger partial charge is 0.287 e. The van der Waals surface area contributed by atoms with Gasteiger partial charge in [-0.2, -0.15) is 0 Å². The largest absolute Gasteiger partial charge is 0.393 e. The van der Waals surface area contributed by atoms with Crippen molar-refractivity contribution in [3.8, 4) is 0 Å². The first-order valence-electron chi connectivity index (χ1n) is 6.92. The zero-order valence-electron chi connectivity index (χ0n) is 11.2. The molecular weight excluding hydrogens is 296 g/mol. The second kappa shape index (κ2) is 5.27. The number of piperidine rings is 1. The van der Waals surface area contributed by atoms with Gasteiger partial charge in [0.1, 0.15) is 5.02 Å². The highest BCUT2D eigenvalue weighted by molar-refractivity contribution is 6.33. The van der Waals surface area contributed by atoms with Gasteiger partial charge in [0.15, 0.2) is 0 Å². The number of nitro benzene ring substituents is 1. The van der Waals surface area contributed by atoms with Gasteiger partial charge in [-0.05, 0) is 37.8 Å². The molecule has 2 heterocycles. The molecule has 2 bridgehead atoms. The average molecular weight is 311 g/mol. The van der Waals surface area contributed by atoms with Gasteiger partial charge in [-0.3, -0.25) is 14.9 Å². The molecule has 0 saturated carbocycles. The van der Waals surface area contributed by atoms with Gasteiger partial charge in [0.2, 0.25) is 0 Å². The Balaban J connectivity index is 1.86. The fourth-order valence-electron chi connectivity index (χ4n) is 3.42. The monoisotopic (exact) mass is 310 g/mol. The highest BCUT2D eigenvalue weighted by Crippen LogP contribution is 2.37. The third-order valence-electron chi connectivity index (χ3n) is 4.33. The van der Waals surface area contributed by atoms with Gasteiger partial charge in [0.25, 0.3) is 11.6 Å². The molecule has 0 aliphatic carbocycles. The molecule has 7 heteroatoms. The lowest BCUT2D eigenvalue weighted by molar-refractivity contribution is -0.384. The number of aliphatic hydroxyl groups excluding tert-OH is 1. The summed E-state index contributed by atoms with van der Waals surface area (Å²) in [7, 11) is 0. The van der Waals surface area contributed by atoms with Crippen LogP contribution >= 0.6 is 11.6 Å². The Kier molecular flexibility index (Phi) is 3.59. The van der Waals surface area contributed by atoms with Crippen LogP contribution in [0.25, 0.3) is 0 Å². The van der Waals surface area contributed by atoms with Crippen LogP contribution in [-0.2, 0) is 0 Å². The van der Waals surface area contributed by atoms with Crippen molar-refractivity contribution in [1.29, 1.82) is 0 Å². The zero-order chi connectivity index (χ0) is 15.1. The molecule has 0 spiro atoms. The summed E-state index contributed by atoms with van der Waals surface area (Å²) in [5, 5.41) is 20.5. The Morgan fingerprint density at radius 3 is 2.48 bits per heavy atom. The first-order chi connectivity index (χ1) is 9.97. The molecular formula is C14H15ClN2O4. The number of carbonyl (C=O) groups is 1. The quantitative estimate of drug-likeness (QED) is 0.671. The molecule has 1 aromatic rings. The van der Waals surface area contributed by atoms with Gasteiger partial charge in [0.05, 0.1) is 11.0 Å². The van der Waals surface area contributed by atoms with Crippen molar-refractivity contribution in [2.24, 2.45) is 0 Å². The average Bonchev–Trinajstić information content (AvgIpc) is 2.69. The van der Waals surface area contributed by atoms with Gasteiger partial charge >= 0.3 is 0 Å². The van der Waals surface area contributed by atoms with E-state index in [-0.39, 0.29) is 34.8 Å². The van der Waals surface area contributed by atoms with Crippen LogP contribution in [0.2, 0.25) is 5.02 Å². The predicted octanol–water partition coefficient (Wildman–Crippen LogP) is 2.38. The molecule has 6 nitrogen and oxygen atoms in total. The highest BCUT2D eigenvalue weighted by Gasteiger charge is 2.43. The first kappa shape index (κ1) is 14.3. The fourth-order valence-corrected chi connectivity index (χ4v) is 3.67. The molecule has 2 aliphatic rings. The van der Waals surface area contributed by atoms with E-state index in [4.69, 9.17) is 11.6 Å². The molecule has 3 rings (SSSR count). The highest BCUT2D eigenvalue weighted by atomic mass is 35.5. The number of amides is 1. The van der Waals surface area contributed by atoms with E-state index in [1.807, 2.05) is 4.90 Å². The Morgan fingerprint density at radius 1 is 1.33 bits per heavy atom. The van der Waals surface area contributed by atoms with E-state index in [0.717, 1.165) is 12.8 Å². The lowest BCUT2D eigenvalue weighted by Gasteiger charge is -2.37. The summed E-state index contributed by atoms with van der Waals surface area (Å²) in [5.74, 6) is -0.161. The summed E-state index contributed by atoms with van der Waals surface area (Å²) >= 11 is 5.87. The summed E-state index contributed by atoms with van der Waals surface area (Å²) < 4.78 is 0. The number of rotatable bonds is 2. The minimum absolute atomic E-state index is 0.0322. The lowest BCUT2D eigenvalue weighted by Crippen LogP contribution is -2.48. The van der Waals surface area contributed by atoms with E-state index in [0.29, 0.717) is 18.4 Å². The van der Waals surface area contributed by atoms with Crippen LogP contribution in [0.15, 0.2) is 18.2 Å². The summed E-state index contributed by atoms with van der Waals surface area (Å²) in [6.07, 6.45) is 2.65. The molecule has 0 aromatic heterocycles. The van der Waals surface area contributed by atoms with Crippen LogP contribution in [0.3, 0.4) is 0 Å². The molecule has 21 heavy (non-hydrogen) atoms. The summed E-state index contributed by atoms with van der Waals surface area (Å²) in [5.41, 5.74) is 0.157. The van der Waals surface area contributed by atoms with Gasteiger partial charge in [0, 0.05) is 23.7 Å². The second-order valence-electron chi connectivity index (χ2n) is 5.65. The van der Waals surface area contributed by atoms with Crippen molar-refractivity contribution in [1.82, 2.24) is 4.90 Å². The molecule has 0 radical (unpaired) electrons. The van der Waals surface area contributed by atoms with Crippen molar-refractivity contribution < 1.29 is 14.8 Å². The predicted molar refractivity (Wildman–Crippen MR) is 76.3 cm³/mol. The molecule has 2 fully saturated rings. The minimum atomic E-state index is -0.572. The zero-order valence-corrected chi connectivity index (χ0v) is 12.0. The van der Waals surface area contributed by atoms with E-state index in [9.17, 15) is 20.0 Å². The van der Waals surface area contributed by atoms with Crippen LogP contribution in [0.1, 0.15) is 36.0 Å². The lowest BCUT2D eigenvalue weighted by atomic mass is 9.98. The van der Waals surface area contributed by atoms with E-state index >= 15 is 0 Å². The maximum absolute atomic E-state index is 12.6. The number of nitro groups is 1. The number of hydrogen-bond acceptors (Lipinski definition) is 4. The minimum Gasteiger partial charge on any atom is -0.393 e. The van der Waals surface area contributed by atoms with Crippen molar-refractivity contribution in [3.63, 3.8) is 0 Å². The standard InChI is InChI=1S/C14H15ClN2O4/c15-12-5-8(1-4-13(12)17(20)21)14(19)16-9-2-3-10(16)7-11(18)6-9/h1,4-5,9-11,18H,2-3,6-7H2.